The summed E-state index contributed by atoms with van der Waals surface area (Å²) < 4.78 is 16.8. The van der Waals surface area contributed by atoms with E-state index in [1.807, 2.05) is 6.92 Å². The summed E-state index contributed by atoms with van der Waals surface area (Å²) >= 11 is 0. The highest BCUT2D eigenvalue weighted by Gasteiger charge is 2.25. The van der Waals surface area contributed by atoms with E-state index in [2.05, 4.69) is 22.9 Å². The van der Waals surface area contributed by atoms with Crippen LogP contribution in [-0.4, -0.2) is 69.9 Å². The van der Waals surface area contributed by atoms with E-state index >= 15 is 0 Å². The molecule has 2 aromatic carbocycles. The second-order valence-electron chi connectivity index (χ2n) is 8.58. The number of carbonyl (C=O) groups is 2. The molecule has 0 fully saturated rings. The Morgan fingerprint density at radius 2 is 1.76 bits per heavy atom. The fourth-order valence-corrected chi connectivity index (χ4v) is 3.70. The molecule has 0 aliphatic carbocycles. The topological polar surface area (TPSA) is 101 Å². The number of amides is 3. The molecule has 3 atom stereocenters. The van der Waals surface area contributed by atoms with Crippen LogP contribution < -0.4 is 25.4 Å². The van der Waals surface area contributed by atoms with Gasteiger partial charge in [0.2, 0.25) is 0 Å². The van der Waals surface area contributed by atoms with E-state index in [9.17, 15) is 9.59 Å². The highest BCUT2D eigenvalue weighted by atomic mass is 16.5. The molecule has 9 nitrogen and oxygen atoms in total. The van der Waals surface area contributed by atoms with E-state index in [4.69, 9.17) is 14.2 Å². The molecule has 0 unspecified atom stereocenters. The fraction of sp³-hybridized carbons (Fsp3) is 0.440. The highest BCUT2D eigenvalue weighted by Crippen LogP contribution is 2.26. The maximum Gasteiger partial charge on any atom is 0.323 e. The minimum Gasteiger partial charge on any atom is -0.497 e. The first-order valence-corrected chi connectivity index (χ1v) is 11.3. The van der Waals surface area contributed by atoms with Crippen LogP contribution in [0.4, 0.5) is 16.2 Å². The third-order valence-electron chi connectivity index (χ3n) is 5.83. The average Bonchev–Trinajstić information content (AvgIpc) is 2.83. The van der Waals surface area contributed by atoms with Gasteiger partial charge in [0.25, 0.3) is 5.91 Å². The van der Waals surface area contributed by atoms with Gasteiger partial charge in [0, 0.05) is 50.7 Å². The first kappa shape index (κ1) is 25.3. The SMILES string of the molecule is COc1ccc(NC(=O)Nc2ccc3c(c2)OC[C@H](C)NC[C@@H](C)[C@H](OC)CN(C)C3=O)cc1. The van der Waals surface area contributed by atoms with Gasteiger partial charge in [0.05, 0.1) is 18.8 Å². The van der Waals surface area contributed by atoms with Crippen LogP contribution in [0.15, 0.2) is 42.5 Å². The minimum absolute atomic E-state index is 0.0649. The molecule has 0 radical (unpaired) electrons. The maximum atomic E-state index is 13.2. The second-order valence-corrected chi connectivity index (χ2v) is 8.58. The number of hydrogen-bond acceptors (Lipinski definition) is 6. The summed E-state index contributed by atoms with van der Waals surface area (Å²) in [5.41, 5.74) is 1.56. The minimum atomic E-state index is -0.409. The van der Waals surface area contributed by atoms with Crippen molar-refractivity contribution >= 4 is 23.3 Å². The Balaban J connectivity index is 1.78. The predicted molar refractivity (Wildman–Crippen MR) is 132 cm³/mol. The molecular formula is C25H34N4O5. The van der Waals surface area contributed by atoms with Crippen LogP contribution >= 0.6 is 0 Å². The zero-order valence-corrected chi connectivity index (χ0v) is 20.4. The molecule has 1 aliphatic heterocycles. The molecule has 3 N–H and O–H groups in total. The highest BCUT2D eigenvalue weighted by molar-refractivity contribution is 6.01. The number of ether oxygens (including phenoxy) is 3. The van der Waals surface area contributed by atoms with E-state index in [1.165, 1.54) is 0 Å². The average molecular weight is 471 g/mol. The summed E-state index contributed by atoms with van der Waals surface area (Å²) in [5.74, 6) is 1.17. The summed E-state index contributed by atoms with van der Waals surface area (Å²) in [6.07, 6.45) is -0.0972. The fourth-order valence-electron chi connectivity index (χ4n) is 3.70. The monoisotopic (exact) mass is 470 g/mol. The molecule has 3 amide bonds. The number of rotatable bonds is 4. The van der Waals surface area contributed by atoms with Gasteiger partial charge in [-0.05, 0) is 49.2 Å². The van der Waals surface area contributed by atoms with Gasteiger partial charge in [-0.2, -0.15) is 0 Å². The largest absolute Gasteiger partial charge is 0.497 e. The molecular weight excluding hydrogens is 436 g/mol. The number of urea groups is 1. The zero-order valence-electron chi connectivity index (χ0n) is 20.4. The van der Waals surface area contributed by atoms with Gasteiger partial charge >= 0.3 is 6.03 Å². The summed E-state index contributed by atoms with van der Waals surface area (Å²) in [6, 6.07) is 11.7. The number of nitrogens with one attached hydrogen (secondary N) is 3. The lowest BCUT2D eigenvalue weighted by molar-refractivity contribution is 0.0281. The van der Waals surface area contributed by atoms with Gasteiger partial charge in [-0.25, -0.2) is 4.79 Å². The quantitative estimate of drug-likeness (QED) is 0.633. The molecule has 184 valence electrons. The van der Waals surface area contributed by atoms with E-state index in [-0.39, 0.29) is 24.0 Å². The van der Waals surface area contributed by atoms with E-state index in [0.29, 0.717) is 41.6 Å². The van der Waals surface area contributed by atoms with Crippen LogP contribution in [0.1, 0.15) is 24.2 Å². The Bertz CT molecular complexity index is 982. The summed E-state index contributed by atoms with van der Waals surface area (Å²) in [5, 5.41) is 9.02. The zero-order chi connectivity index (χ0) is 24.7. The van der Waals surface area contributed by atoms with Crippen molar-refractivity contribution in [1.82, 2.24) is 10.2 Å². The molecule has 34 heavy (non-hydrogen) atoms. The molecule has 0 saturated heterocycles. The van der Waals surface area contributed by atoms with Crippen LogP contribution in [0.3, 0.4) is 0 Å². The Hall–Kier alpha value is -3.30. The molecule has 9 heteroatoms. The second kappa shape index (κ2) is 11.7. The number of benzene rings is 2. The lowest BCUT2D eigenvalue weighted by Crippen LogP contribution is -2.44. The van der Waals surface area contributed by atoms with E-state index < -0.39 is 6.03 Å². The third-order valence-corrected chi connectivity index (χ3v) is 5.83. The van der Waals surface area contributed by atoms with Crippen LogP contribution in [0.25, 0.3) is 0 Å². The number of carbonyl (C=O) groups excluding carboxylic acids is 2. The van der Waals surface area contributed by atoms with Crippen LogP contribution in [0, 0.1) is 5.92 Å². The van der Waals surface area contributed by atoms with E-state index in [1.54, 1.807) is 68.6 Å². The number of methoxy groups -OCH3 is 2. The molecule has 0 saturated carbocycles. The Morgan fingerprint density at radius 3 is 2.44 bits per heavy atom. The summed E-state index contributed by atoms with van der Waals surface area (Å²) in [6.45, 7) is 5.69. The Labute approximate surface area is 200 Å². The van der Waals surface area contributed by atoms with Gasteiger partial charge < -0.3 is 35.1 Å². The number of fused-ring (bicyclic) bond motifs is 1. The molecule has 0 aromatic heterocycles. The van der Waals surface area contributed by atoms with Crippen LogP contribution in [0.2, 0.25) is 0 Å². The van der Waals surface area contributed by atoms with Gasteiger partial charge in [0.1, 0.15) is 18.1 Å². The van der Waals surface area contributed by atoms with Crippen molar-refractivity contribution in [2.45, 2.75) is 26.0 Å². The van der Waals surface area contributed by atoms with Crippen molar-refractivity contribution in [2.75, 3.05) is 51.6 Å². The van der Waals surface area contributed by atoms with Crippen molar-refractivity contribution in [3.05, 3.63) is 48.0 Å². The van der Waals surface area contributed by atoms with Gasteiger partial charge in [-0.3, -0.25) is 4.79 Å². The standard InChI is InChI=1S/C25H34N4O5/c1-16-13-26-17(2)15-34-22-12-19(8-11-21(22)24(30)29(3)14-23(16)33-5)28-25(31)27-18-6-9-20(32-4)10-7-18/h6-12,16-17,23,26H,13-15H2,1-5H3,(H2,27,28,31)/t16-,17+,23-/m1/s1. The number of likely N-dealkylation sites (N-methyl/N-ethyl adjacent to an activating group) is 1. The summed E-state index contributed by atoms with van der Waals surface area (Å²) in [7, 11) is 5.00. The number of hydrogen-bond donors (Lipinski definition) is 3. The molecule has 2 aromatic rings. The number of nitrogens with zero attached hydrogens (tertiary/aromatic N) is 1. The Kier molecular flexibility index (Phi) is 8.72. The van der Waals surface area contributed by atoms with Gasteiger partial charge in [-0.1, -0.05) is 6.92 Å². The first-order valence-electron chi connectivity index (χ1n) is 11.3. The van der Waals surface area contributed by atoms with Crippen molar-refractivity contribution < 1.29 is 23.8 Å². The van der Waals surface area contributed by atoms with Crippen LogP contribution in [-0.2, 0) is 4.74 Å². The lowest BCUT2D eigenvalue weighted by Gasteiger charge is -2.30. The molecule has 0 bridgehead atoms. The smallest absolute Gasteiger partial charge is 0.323 e. The van der Waals surface area contributed by atoms with Crippen molar-refractivity contribution in [3.63, 3.8) is 0 Å². The summed E-state index contributed by atoms with van der Waals surface area (Å²) in [4.78, 5) is 27.3. The molecule has 1 aliphatic rings. The van der Waals surface area contributed by atoms with Gasteiger partial charge in [-0.15, -0.1) is 0 Å². The van der Waals surface area contributed by atoms with Crippen LogP contribution in [0.5, 0.6) is 11.5 Å². The molecule has 0 spiro atoms. The third kappa shape index (κ3) is 6.61. The molecule has 3 rings (SSSR count). The number of anilines is 2. The maximum absolute atomic E-state index is 13.2. The normalized spacial score (nSPS) is 21.4. The first-order chi connectivity index (χ1) is 16.3. The van der Waals surface area contributed by atoms with Crippen molar-refractivity contribution in [1.29, 1.82) is 0 Å². The Morgan fingerprint density at radius 1 is 1.09 bits per heavy atom. The molecule has 1 heterocycles. The van der Waals surface area contributed by atoms with E-state index in [0.717, 1.165) is 6.54 Å². The van der Waals surface area contributed by atoms with Crippen molar-refractivity contribution in [3.8, 4) is 11.5 Å². The van der Waals surface area contributed by atoms with Gasteiger partial charge in [0.15, 0.2) is 0 Å². The lowest BCUT2D eigenvalue weighted by atomic mass is 10.0. The predicted octanol–water partition coefficient (Wildman–Crippen LogP) is 3.43. The van der Waals surface area contributed by atoms with Crippen molar-refractivity contribution in [2.24, 2.45) is 5.92 Å².